The van der Waals surface area contributed by atoms with Gasteiger partial charge in [-0.1, -0.05) is 6.07 Å². The Balaban J connectivity index is 0.00000196. The topological polar surface area (TPSA) is 84.7 Å². The van der Waals surface area contributed by atoms with Crippen molar-refractivity contribution in [3.05, 3.63) is 47.7 Å². The molecular weight excluding hydrogens is 372 g/mol. The van der Waals surface area contributed by atoms with Gasteiger partial charge in [0, 0.05) is 24.3 Å². The molecule has 1 amide bonds. The number of pyridine rings is 1. The predicted molar refractivity (Wildman–Crippen MR) is 104 cm³/mol. The lowest BCUT2D eigenvalue weighted by Crippen LogP contribution is -2.32. The number of thiazole rings is 1. The lowest BCUT2D eigenvalue weighted by molar-refractivity contribution is 0.102. The second kappa shape index (κ2) is 8.39. The number of hydrogen-bond donors (Lipinski definition) is 2. The van der Waals surface area contributed by atoms with E-state index in [9.17, 15) is 4.79 Å². The molecule has 0 aliphatic carbocycles. The molecule has 4 rings (SSSR count). The first-order valence-electron chi connectivity index (χ1n) is 8.24. The lowest BCUT2D eigenvalue weighted by Gasteiger charge is -2.22. The van der Waals surface area contributed by atoms with Crippen LogP contribution in [0.15, 0.2) is 42.0 Å². The molecule has 0 saturated carbocycles. The third-order valence-electron chi connectivity index (χ3n) is 4.14. The Hall–Kier alpha value is -2.29. The van der Waals surface area contributed by atoms with Crippen LogP contribution in [0.3, 0.4) is 0 Å². The van der Waals surface area contributed by atoms with Gasteiger partial charge in [0.2, 0.25) is 0 Å². The molecule has 1 unspecified atom stereocenters. The van der Waals surface area contributed by atoms with Crippen LogP contribution in [0.4, 0.5) is 5.13 Å². The molecule has 0 radical (unpaired) electrons. The van der Waals surface area contributed by atoms with E-state index < -0.39 is 0 Å². The molecule has 3 aromatic heterocycles. The predicted octanol–water partition coefficient (Wildman–Crippen LogP) is 3.00. The lowest BCUT2D eigenvalue weighted by atomic mass is 10.1. The molecule has 136 valence electrons. The number of carbonyl (C=O) groups excluding carboxylic acids is 1. The monoisotopic (exact) mass is 390 g/mol. The first kappa shape index (κ1) is 18.5. The van der Waals surface area contributed by atoms with E-state index in [1.54, 1.807) is 12.3 Å². The molecule has 1 atom stereocenters. The van der Waals surface area contributed by atoms with Crippen LogP contribution in [-0.4, -0.2) is 38.7 Å². The minimum atomic E-state index is -0.246. The highest BCUT2D eigenvalue weighted by Gasteiger charge is 2.18. The van der Waals surface area contributed by atoms with Gasteiger partial charge in [-0.15, -0.1) is 23.7 Å². The zero-order valence-corrected chi connectivity index (χ0v) is 15.6. The highest BCUT2D eigenvalue weighted by Crippen LogP contribution is 2.23. The fourth-order valence-corrected chi connectivity index (χ4v) is 3.55. The number of nitrogens with one attached hydrogen (secondary N) is 2. The summed E-state index contributed by atoms with van der Waals surface area (Å²) in [5.74, 6) is -0.246. The van der Waals surface area contributed by atoms with Crippen LogP contribution in [-0.2, 0) is 0 Å². The molecule has 9 heteroatoms. The number of anilines is 1. The number of piperidine rings is 1. The summed E-state index contributed by atoms with van der Waals surface area (Å²) in [6, 6.07) is 7.71. The van der Waals surface area contributed by atoms with Crippen molar-refractivity contribution in [1.82, 2.24) is 25.1 Å². The maximum absolute atomic E-state index is 12.4. The van der Waals surface area contributed by atoms with E-state index in [0.717, 1.165) is 37.3 Å². The molecule has 4 heterocycles. The number of amides is 1. The molecule has 1 saturated heterocycles. The second-order valence-electron chi connectivity index (χ2n) is 5.89. The van der Waals surface area contributed by atoms with Crippen LogP contribution >= 0.6 is 23.7 Å². The van der Waals surface area contributed by atoms with E-state index in [1.165, 1.54) is 11.3 Å². The maximum Gasteiger partial charge on any atom is 0.277 e. The van der Waals surface area contributed by atoms with Crippen LogP contribution in [0.5, 0.6) is 0 Å². The van der Waals surface area contributed by atoms with Crippen molar-refractivity contribution in [2.24, 2.45) is 0 Å². The summed E-state index contributed by atoms with van der Waals surface area (Å²) in [6.07, 6.45) is 5.80. The summed E-state index contributed by atoms with van der Waals surface area (Å²) < 4.78 is 1.88. The third-order valence-corrected chi connectivity index (χ3v) is 4.90. The van der Waals surface area contributed by atoms with Crippen molar-refractivity contribution in [3.8, 4) is 11.4 Å². The van der Waals surface area contributed by atoms with Crippen molar-refractivity contribution >= 4 is 34.8 Å². The molecule has 1 aliphatic heterocycles. The SMILES string of the molecule is Cl.O=C(Nc1nc(-c2ccccn2)cs1)c1ccn(C2CCCNC2)n1. The van der Waals surface area contributed by atoms with Crippen LogP contribution in [0.2, 0.25) is 0 Å². The van der Waals surface area contributed by atoms with Gasteiger partial charge in [-0.05, 0) is 37.6 Å². The van der Waals surface area contributed by atoms with Gasteiger partial charge in [0.05, 0.1) is 11.7 Å². The van der Waals surface area contributed by atoms with E-state index in [0.29, 0.717) is 16.9 Å². The summed E-state index contributed by atoms with van der Waals surface area (Å²) in [4.78, 5) is 21.1. The molecule has 2 N–H and O–H groups in total. The van der Waals surface area contributed by atoms with E-state index in [4.69, 9.17) is 0 Å². The van der Waals surface area contributed by atoms with Crippen molar-refractivity contribution < 1.29 is 4.79 Å². The molecular formula is C17H19ClN6OS. The third kappa shape index (κ3) is 4.09. The van der Waals surface area contributed by atoms with Gasteiger partial charge in [0.15, 0.2) is 10.8 Å². The smallest absolute Gasteiger partial charge is 0.277 e. The first-order valence-corrected chi connectivity index (χ1v) is 9.12. The Kier molecular flexibility index (Phi) is 5.97. The van der Waals surface area contributed by atoms with Crippen molar-refractivity contribution in [2.75, 3.05) is 18.4 Å². The quantitative estimate of drug-likeness (QED) is 0.715. The fraction of sp³-hybridized carbons (Fsp3) is 0.294. The number of halogens is 1. The Morgan fingerprint density at radius 3 is 3.00 bits per heavy atom. The average Bonchev–Trinajstić information content (AvgIpc) is 3.33. The molecule has 0 bridgehead atoms. The largest absolute Gasteiger partial charge is 0.315 e. The van der Waals surface area contributed by atoms with Gasteiger partial charge in [-0.3, -0.25) is 19.8 Å². The number of carbonyl (C=O) groups is 1. The van der Waals surface area contributed by atoms with E-state index in [1.807, 2.05) is 34.5 Å². The number of rotatable bonds is 4. The normalized spacial score (nSPS) is 16.7. The zero-order valence-electron chi connectivity index (χ0n) is 14.0. The Morgan fingerprint density at radius 1 is 1.31 bits per heavy atom. The van der Waals surface area contributed by atoms with Gasteiger partial charge >= 0.3 is 0 Å². The Morgan fingerprint density at radius 2 is 2.23 bits per heavy atom. The Labute approximate surface area is 161 Å². The zero-order chi connectivity index (χ0) is 17.1. The molecule has 7 nitrogen and oxygen atoms in total. The van der Waals surface area contributed by atoms with E-state index in [-0.39, 0.29) is 18.3 Å². The number of aromatic nitrogens is 4. The van der Waals surface area contributed by atoms with Gasteiger partial charge in [-0.2, -0.15) is 5.10 Å². The van der Waals surface area contributed by atoms with Crippen LogP contribution in [0.25, 0.3) is 11.4 Å². The molecule has 3 aromatic rings. The van der Waals surface area contributed by atoms with Crippen LogP contribution in [0.1, 0.15) is 29.4 Å². The molecule has 0 aromatic carbocycles. The van der Waals surface area contributed by atoms with E-state index >= 15 is 0 Å². The van der Waals surface area contributed by atoms with Gasteiger partial charge in [0.25, 0.3) is 5.91 Å². The summed E-state index contributed by atoms with van der Waals surface area (Å²) >= 11 is 1.37. The minimum absolute atomic E-state index is 0. The van der Waals surface area contributed by atoms with Crippen molar-refractivity contribution in [3.63, 3.8) is 0 Å². The van der Waals surface area contributed by atoms with Crippen LogP contribution in [0, 0.1) is 0 Å². The summed E-state index contributed by atoms with van der Waals surface area (Å²) in [5.41, 5.74) is 1.94. The van der Waals surface area contributed by atoms with Crippen LogP contribution < -0.4 is 10.6 Å². The highest BCUT2D eigenvalue weighted by molar-refractivity contribution is 7.14. The van der Waals surface area contributed by atoms with Gasteiger partial charge < -0.3 is 5.32 Å². The molecule has 0 spiro atoms. The molecule has 1 fully saturated rings. The van der Waals surface area contributed by atoms with Gasteiger partial charge in [0.1, 0.15) is 5.69 Å². The van der Waals surface area contributed by atoms with Crippen molar-refractivity contribution in [2.45, 2.75) is 18.9 Å². The number of nitrogens with zero attached hydrogens (tertiary/aromatic N) is 4. The minimum Gasteiger partial charge on any atom is -0.315 e. The molecule has 26 heavy (non-hydrogen) atoms. The van der Waals surface area contributed by atoms with Gasteiger partial charge in [-0.25, -0.2) is 4.98 Å². The summed E-state index contributed by atoms with van der Waals surface area (Å²) in [5, 5.41) is 13.0. The Bertz CT molecular complexity index is 859. The second-order valence-corrected chi connectivity index (χ2v) is 6.75. The summed E-state index contributed by atoms with van der Waals surface area (Å²) in [7, 11) is 0. The maximum atomic E-state index is 12.4. The fourth-order valence-electron chi connectivity index (χ4n) is 2.85. The summed E-state index contributed by atoms with van der Waals surface area (Å²) in [6.45, 7) is 1.94. The van der Waals surface area contributed by atoms with E-state index in [2.05, 4.69) is 25.7 Å². The van der Waals surface area contributed by atoms with Crippen molar-refractivity contribution in [1.29, 1.82) is 0 Å². The highest BCUT2D eigenvalue weighted by atomic mass is 35.5. The first-order chi connectivity index (χ1) is 12.3. The molecule has 1 aliphatic rings. The average molecular weight is 391 g/mol. The standard InChI is InChI=1S/C17H18N6OS.ClH/c24-16(14-6-9-23(22-14)12-4-3-7-18-10-12)21-17-20-15(11-25-17)13-5-1-2-8-19-13;/h1-2,5-6,8-9,11-12,18H,3-4,7,10H2,(H,20,21,24);1H. The number of hydrogen-bond acceptors (Lipinski definition) is 6.